The van der Waals surface area contributed by atoms with Crippen LogP contribution in [0.25, 0.3) is 82.4 Å². The maximum atomic E-state index is 2.48. The van der Waals surface area contributed by atoms with Crippen molar-refractivity contribution in [1.29, 1.82) is 0 Å². The molecule has 0 amide bonds. The van der Waals surface area contributed by atoms with Gasteiger partial charge in [-0.2, -0.15) is 0 Å². The standard InChI is InChI=1S/5C17H21N.10C2H6.10CH4/c1-6-18-13(5)12(4)16-9-15-11(3)10(2)7-14(15)8-17(16)18;1-6-18-13(5)12(4)16-8-14-7-10(2)11(3)15(14)9-17(16)18;1-6-18-13(5)12(4)15-8-7-14-11(3)10(2)9-16(14)17(15)18;1-6-18-13(5)12(4)17-15(18)8-7-14-9-10(2)11(3)16(14)17;1-6-18-13(5)12(4)15-8-7-14-9-10(2)11(3)16(14)17(15)18;10*1-2;;;;;;;;;;/h2*8-9H,6-7H2,1-5H3;3*7-8H,6,9H2,1-5H3;10*1-2H3;10*1H4. The summed E-state index contributed by atoms with van der Waals surface area (Å²) in [5, 5.41) is 7.23. The Morgan fingerprint density at radius 3 is 0.917 bits per heavy atom. The van der Waals surface area contributed by atoms with E-state index in [0.29, 0.717) is 0 Å². The summed E-state index contributed by atoms with van der Waals surface area (Å²) in [6.45, 7) is 102. The Bertz CT molecular complexity index is 4820. The van der Waals surface area contributed by atoms with Gasteiger partial charge in [-0.25, -0.2) is 0 Å². The number of fused-ring (bicyclic) bond motifs is 13. The number of nitrogens with zero attached hydrogens (tertiary/aromatic N) is 5. The molecule has 0 spiro atoms. The number of benzene rings is 5. The van der Waals surface area contributed by atoms with E-state index < -0.39 is 0 Å². The van der Waals surface area contributed by atoms with Crippen molar-refractivity contribution in [1.82, 2.24) is 22.8 Å². The van der Waals surface area contributed by atoms with Crippen molar-refractivity contribution in [2.45, 2.75) is 451 Å². The van der Waals surface area contributed by atoms with E-state index in [1.54, 1.807) is 5.56 Å². The monoisotopic (exact) mass is 1660 g/mol. The Morgan fingerprint density at radius 2 is 0.500 bits per heavy atom. The quantitative estimate of drug-likeness (QED) is 0.164. The molecule has 5 heterocycles. The van der Waals surface area contributed by atoms with Gasteiger partial charge >= 0.3 is 0 Å². The zero-order valence-corrected chi connectivity index (χ0v) is 80.1. The predicted molar refractivity (Wildman–Crippen MR) is 576 cm³/mol. The highest BCUT2D eigenvalue weighted by atomic mass is 15.0. The molecule has 5 aliphatic rings. The summed E-state index contributed by atoms with van der Waals surface area (Å²) in [4.78, 5) is 0. The second-order valence-corrected chi connectivity index (χ2v) is 27.7. The average Bonchev–Trinajstić information content (AvgIpc) is 1.13. The molecule has 0 fully saturated rings. The second-order valence-electron chi connectivity index (χ2n) is 27.7. The summed E-state index contributed by atoms with van der Waals surface area (Å²) >= 11 is 0. The topological polar surface area (TPSA) is 24.6 Å². The first kappa shape index (κ1) is 133. The smallest absolute Gasteiger partial charge is 0.0564 e. The van der Waals surface area contributed by atoms with Gasteiger partial charge in [-0.3, -0.25) is 0 Å². The fraction of sp³-hybridized carbons (Fsp3) is 0.565. The molecule has 0 atom stereocenters. The van der Waals surface area contributed by atoms with Crippen LogP contribution in [-0.4, -0.2) is 22.8 Å². The number of rotatable bonds is 5. The van der Waals surface area contributed by atoms with Crippen LogP contribution >= 0.6 is 0 Å². The normalized spacial score (nSPS) is 11.5. The SMILES string of the molecule is C.C.C.C.C.C.C.C.C.C.CC.CC.CC.CC.CC.CC.CC.CC.CC.CC.CCn1c(C)c(C)c2c3c(ccc21)CC(C)=C3C.CCn1c(C)c(C)c2cc3c(cc21)C(C)=C(C)C3.CCn1c(C)c(C)c2cc3c(cc21)CC(C)=C3C.CCn1c(C)c(C)c2ccc3c(c21)C(C)=C(C)C3.CCn1c(C)c(C)c2ccc3c(c21)CC(C)=C3C. The summed E-state index contributed by atoms with van der Waals surface area (Å²) < 4.78 is 12.3. The second kappa shape index (κ2) is 62.6. The maximum absolute atomic E-state index is 2.48. The lowest BCUT2D eigenvalue weighted by atomic mass is 9.99. The zero-order chi connectivity index (χ0) is 85.1. The van der Waals surface area contributed by atoms with E-state index in [4.69, 9.17) is 0 Å². The highest BCUT2D eigenvalue weighted by Gasteiger charge is 2.27. The van der Waals surface area contributed by atoms with Gasteiger partial charge in [-0.05, 0) is 341 Å². The Hall–Kier alpha value is -7.50. The third-order valence-electron chi connectivity index (χ3n) is 23.4. The molecule has 0 saturated heterocycles. The van der Waals surface area contributed by atoms with Crippen molar-refractivity contribution in [2.24, 2.45) is 0 Å². The third-order valence-corrected chi connectivity index (χ3v) is 23.4. The number of hydrogen-bond donors (Lipinski definition) is 0. The number of aryl methyl sites for hydroxylation is 10. The zero-order valence-electron chi connectivity index (χ0n) is 80.1. The molecule has 0 unspecified atom stereocenters. The van der Waals surface area contributed by atoms with Gasteiger partial charge in [0.15, 0.2) is 0 Å². The van der Waals surface area contributed by atoms with Crippen molar-refractivity contribution in [3.8, 4) is 0 Å². The van der Waals surface area contributed by atoms with Crippen LogP contribution in [-0.2, 0) is 64.8 Å². The Labute approximate surface area is 751 Å². The Morgan fingerprint density at radius 1 is 0.225 bits per heavy atom. The number of aromatic nitrogens is 5. The van der Waals surface area contributed by atoms with Crippen LogP contribution in [0.3, 0.4) is 0 Å². The summed E-state index contributed by atoms with van der Waals surface area (Å²) in [5.41, 5.74) is 51.5. The molecule has 0 N–H and O–H groups in total. The lowest BCUT2D eigenvalue weighted by Gasteiger charge is -2.10. The molecule has 15 rings (SSSR count). The van der Waals surface area contributed by atoms with Gasteiger partial charge in [0.1, 0.15) is 0 Å². The van der Waals surface area contributed by atoms with Crippen molar-refractivity contribution in [3.05, 3.63) is 200 Å². The molecule has 0 saturated carbocycles. The molecule has 0 aliphatic heterocycles. The third kappa shape index (κ3) is 26.1. The molecule has 5 nitrogen and oxygen atoms in total. The largest absolute Gasteiger partial charge is 0.345 e. The fourth-order valence-electron chi connectivity index (χ4n) is 16.7. The Balaban J connectivity index is -0.000000146. The summed E-state index contributed by atoms with van der Waals surface area (Å²) in [7, 11) is 0. The highest BCUT2D eigenvalue weighted by Crippen LogP contribution is 2.45. The minimum atomic E-state index is 0. The van der Waals surface area contributed by atoms with Crippen LogP contribution in [0, 0.1) is 69.2 Å². The first-order valence-electron chi connectivity index (χ1n) is 44.2. The van der Waals surface area contributed by atoms with Crippen LogP contribution in [0.5, 0.6) is 0 Å². The van der Waals surface area contributed by atoms with Crippen LogP contribution in [0.15, 0.2) is 88.5 Å². The minimum absolute atomic E-state index is 0. The summed E-state index contributed by atoms with van der Waals surface area (Å²) in [5.74, 6) is 0. The van der Waals surface area contributed by atoms with Gasteiger partial charge in [0, 0.05) is 110 Å². The summed E-state index contributed by atoms with van der Waals surface area (Å²) in [6, 6.07) is 23.5. The first-order chi connectivity index (χ1) is 52.8. The van der Waals surface area contributed by atoms with E-state index in [0.717, 1.165) is 64.8 Å². The van der Waals surface area contributed by atoms with Gasteiger partial charge in [-0.1, -0.05) is 271 Å². The summed E-state index contributed by atoms with van der Waals surface area (Å²) in [6.07, 6.45) is 5.65. The van der Waals surface area contributed by atoms with Crippen LogP contribution in [0.4, 0.5) is 0 Å². The highest BCUT2D eigenvalue weighted by molar-refractivity contribution is 6.01. The van der Waals surface area contributed by atoms with Crippen LogP contribution in [0.2, 0.25) is 0 Å². The molecule has 0 radical (unpaired) electrons. The Kier molecular flexibility index (Phi) is 69.4. The average molecular weight is 1660 g/mol. The number of hydrogen-bond acceptors (Lipinski definition) is 0. The molecule has 5 aromatic carbocycles. The van der Waals surface area contributed by atoms with E-state index in [1.165, 1.54) is 217 Å². The van der Waals surface area contributed by atoms with E-state index >= 15 is 0 Å². The van der Waals surface area contributed by atoms with E-state index in [9.17, 15) is 0 Å². The van der Waals surface area contributed by atoms with Gasteiger partial charge in [0.2, 0.25) is 0 Å². The van der Waals surface area contributed by atoms with Crippen molar-refractivity contribution in [3.63, 3.8) is 0 Å². The van der Waals surface area contributed by atoms with E-state index in [2.05, 4.69) is 257 Å². The number of allylic oxidation sites excluding steroid dienone is 10. The molecule has 5 aromatic heterocycles. The minimum Gasteiger partial charge on any atom is -0.345 e. The molecule has 120 heavy (non-hydrogen) atoms. The van der Waals surface area contributed by atoms with E-state index in [-0.39, 0.29) is 74.3 Å². The lowest BCUT2D eigenvalue weighted by Crippen LogP contribution is -1.99. The van der Waals surface area contributed by atoms with Gasteiger partial charge in [0.25, 0.3) is 0 Å². The van der Waals surface area contributed by atoms with Crippen LogP contribution in [0.1, 0.15) is 429 Å². The van der Waals surface area contributed by atoms with Crippen molar-refractivity contribution < 1.29 is 0 Å². The molecule has 690 valence electrons. The fourth-order valence-corrected chi connectivity index (χ4v) is 16.7. The van der Waals surface area contributed by atoms with E-state index in [1.807, 2.05) is 138 Å². The molecule has 5 heteroatoms. The van der Waals surface area contributed by atoms with Gasteiger partial charge < -0.3 is 22.8 Å². The van der Waals surface area contributed by atoms with Crippen molar-refractivity contribution in [2.75, 3.05) is 0 Å². The van der Waals surface area contributed by atoms with Gasteiger partial charge in [0.05, 0.1) is 11.0 Å². The molecular weight excluding hydrogens is 1450 g/mol. The van der Waals surface area contributed by atoms with Crippen molar-refractivity contribution >= 4 is 82.4 Å². The lowest BCUT2D eigenvalue weighted by molar-refractivity contribution is 0.763. The van der Waals surface area contributed by atoms with Crippen LogP contribution < -0.4 is 0 Å². The molecule has 0 bridgehead atoms. The first-order valence-corrected chi connectivity index (χ1v) is 44.2. The molecule has 5 aliphatic carbocycles. The maximum Gasteiger partial charge on any atom is 0.0564 e. The predicted octanol–water partition coefficient (Wildman–Crippen LogP) is 39.8. The van der Waals surface area contributed by atoms with Gasteiger partial charge in [-0.15, -0.1) is 0 Å². The molecule has 10 aromatic rings. The molecular formula is C115H205N5.